The number of ether oxygens (including phenoxy) is 1. The van der Waals surface area contributed by atoms with E-state index in [1.54, 1.807) is 12.1 Å². The number of amides is 2. The first-order valence-electron chi connectivity index (χ1n) is 11.2. The molecule has 0 fully saturated rings. The summed E-state index contributed by atoms with van der Waals surface area (Å²) in [5, 5.41) is 11.2. The third-order valence-electron chi connectivity index (χ3n) is 5.51. The van der Waals surface area contributed by atoms with Crippen LogP contribution in [0.3, 0.4) is 0 Å². The number of benzene rings is 3. The van der Waals surface area contributed by atoms with Crippen LogP contribution in [0.2, 0.25) is 0 Å². The Morgan fingerprint density at radius 1 is 0.909 bits per heavy atom. The van der Waals surface area contributed by atoms with Crippen LogP contribution < -0.4 is 15.4 Å². The number of hydrogen-bond donors (Lipinski definition) is 2. The fraction of sp³-hybridized carbons (Fsp3) is 0.231. The van der Waals surface area contributed by atoms with Gasteiger partial charge < -0.3 is 20.3 Å². The molecule has 0 aliphatic heterocycles. The number of para-hydroxylation sites is 1. The molecule has 0 aliphatic carbocycles. The Kier molecular flexibility index (Phi) is 7.22. The Bertz CT molecular complexity index is 1180. The monoisotopic (exact) mass is 443 g/mol. The highest BCUT2D eigenvalue weighted by Gasteiger charge is 2.08. The molecular formula is C26H29N5O2. The van der Waals surface area contributed by atoms with Crippen molar-refractivity contribution in [3.63, 3.8) is 0 Å². The molecule has 170 valence electrons. The molecule has 0 bridgehead atoms. The second kappa shape index (κ2) is 10.7. The maximum Gasteiger partial charge on any atom is 0.323 e. The standard InChI is InChI=1S/C26H29N5O2/c1-3-30(4-2)16-17-31-25-15-12-22(18-20(25)19-27-31)29-26(32)28-21-10-13-24(14-11-21)33-23-8-6-5-7-9-23/h5-15,18-19H,3-4,16-17H2,1-2H3,(H2,28,29,32). The van der Waals surface area contributed by atoms with Crippen LogP contribution in [0, 0.1) is 0 Å². The number of aromatic nitrogens is 2. The molecule has 2 amide bonds. The maximum absolute atomic E-state index is 12.5. The van der Waals surface area contributed by atoms with Gasteiger partial charge in [0.05, 0.1) is 18.3 Å². The maximum atomic E-state index is 12.5. The highest BCUT2D eigenvalue weighted by atomic mass is 16.5. The van der Waals surface area contributed by atoms with Crippen molar-refractivity contribution >= 4 is 28.3 Å². The summed E-state index contributed by atoms with van der Waals surface area (Å²) in [5.41, 5.74) is 2.45. The van der Waals surface area contributed by atoms with Crippen molar-refractivity contribution in [1.29, 1.82) is 0 Å². The summed E-state index contributed by atoms with van der Waals surface area (Å²) in [6.45, 7) is 8.19. The van der Waals surface area contributed by atoms with E-state index in [-0.39, 0.29) is 6.03 Å². The molecule has 7 nitrogen and oxygen atoms in total. The molecular weight excluding hydrogens is 414 g/mol. The fourth-order valence-corrected chi connectivity index (χ4v) is 3.64. The summed E-state index contributed by atoms with van der Waals surface area (Å²) >= 11 is 0. The van der Waals surface area contributed by atoms with Crippen LogP contribution >= 0.6 is 0 Å². The average molecular weight is 444 g/mol. The highest BCUT2D eigenvalue weighted by Crippen LogP contribution is 2.23. The summed E-state index contributed by atoms with van der Waals surface area (Å²) in [4.78, 5) is 14.8. The average Bonchev–Trinajstić information content (AvgIpc) is 3.24. The SMILES string of the molecule is CCN(CC)CCn1ncc2cc(NC(=O)Nc3ccc(Oc4ccccc4)cc3)ccc21. The Morgan fingerprint density at radius 3 is 2.30 bits per heavy atom. The van der Waals surface area contributed by atoms with Crippen LogP contribution in [0.25, 0.3) is 10.9 Å². The van der Waals surface area contributed by atoms with Crippen molar-refractivity contribution in [3.8, 4) is 11.5 Å². The molecule has 7 heteroatoms. The molecule has 0 unspecified atom stereocenters. The molecule has 1 aromatic heterocycles. The van der Waals surface area contributed by atoms with E-state index in [9.17, 15) is 4.79 Å². The number of nitrogens with one attached hydrogen (secondary N) is 2. The number of fused-ring (bicyclic) bond motifs is 1. The van der Waals surface area contributed by atoms with E-state index >= 15 is 0 Å². The normalized spacial score (nSPS) is 11.0. The number of urea groups is 1. The molecule has 3 aromatic carbocycles. The minimum absolute atomic E-state index is 0.306. The first kappa shape index (κ1) is 22.4. The summed E-state index contributed by atoms with van der Waals surface area (Å²) in [5.74, 6) is 1.47. The Morgan fingerprint density at radius 2 is 1.58 bits per heavy atom. The predicted octanol–water partition coefficient (Wildman–Crippen LogP) is 5.81. The van der Waals surface area contributed by atoms with Gasteiger partial charge in [-0.15, -0.1) is 0 Å². The number of hydrogen-bond acceptors (Lipinski definition) is 4. The van der Waals surface area contributed by atoms with E-state index in [1.165, 1.54) is 0 Å². The van der Waals surface area contributed by atoms with Crippen LogP contribution in [0.15, 0.2) is 79.0 Å². The molecule has 0 saturated carbocycles. The quantitative estimate of drug-likeness (QED) is 0.342. The molecule has 0 atom stereocenters. The minimum atomic E-state index is -0.306. The zero-order valence-electron chi connectivity index (χ0n) is 19.0. The van der Waals surface area contributed by atoms with Gasteiger partial charge in [0.15, 0.2) is 0 Å². The van der Waals surface area contributed by atoms with Crippen molar-refractivity contribution in [2.24, 2.45) is 0 Å². The zero-order chi connectivity index (χ0) is 23.0. The number of carbonyl (C=O) groups excluding carboxylic acids is 1. The van der Waals surface area contributed by atoms with Crippen molar-refractivity contribution in [2.45, 2.75) is 20.4 Å². The molecule has 0 saturated heterocycles. The van der Waals surface area contributed by atoms with Crippen molar-refractivity contribution in [1.82, 2.24) is 14.7 Å². The molecule has 1 heterocycles. The molecule has 2 N–H and O–H groups in total. The number of anilines is 2. The van der Waals surface area contributed by atoms with Crippen LogP contribution in [-0.2, 0) is 6.54 Å². The first-order valence-corrected chi connectivity index (χ1v) is 11.2. The smallest absolute Gasteiger partial charge is 0.323 e. The summed E-state index contributed by atoms with van der Waals surface area (Å²) in [7, 11) is 0. The molecule has 0 radical (unpaired) electrons. The summed E-state index contributed by atoms with van der Waals surface area (Å²) < 4.78 is 7.79. The van der Waals surface area contributed by atoms with Gasteiger partial charge in [0.25, 0.3) is 0 Å². The predicted molar refractivity (Wildman–Crippen MR) is 133 cm³/mol. The number of likely N-dealkylation sites (N-methyl/N-ethyl adjacent to an activating group) is 1. The van der Waals surface area contributed by atoms with Gasteiger partial charge in [-0.2, -0.15) is 5.10 Å². The minimum Gasteiger partial charge on any atom is -0.457 e. The second-order valence-corrected chi connectivity index (χ2v) is 7.69. The molecule has 0 spiro atoms. The lowest BCUT2D eigenvalue weighted by Crippen LogP contribution is -2.27. The Labute approximate surface area is 194 Å². The van der Waals surface area contributed by atoms with Gasteiger partial charge in [0.2, 0.25) is 0 Å². The van der Waals surface area contributed by atoms with Gasteiger partial charge in [0.1, 0.15) is 11.5 Å². The van der Waals surface area contributed by atoms with E-state index < -0.39 is 0 Å². The summed E-state index contributed by atoms with van der Waals surface area (Å²) in [6, 6.07) is 22.3. The third-order valence-corrected chi connectivity index (χ3v) is 5.51. The largest absolute Gasteiger partial charge is 0.457 e. The van der Waals surface area contributed by atoms with Gasteiger partial charge >= 0.3 is 6.03 Å². The van der Waals surface area contributed by atoms with Crippen LogP contribution in [0.5, 0.6) is 11.5 Å². The van der Waals surface area contributed by atoms with Crippen molar-refractivity contribution < 1.29 is 9.53 Å². The fourth-order valence-electron chi connectivity index (χ4n) is 3.64. The lowest BCUT2D eigenvalue weighted by Gasteiger charge is -2.17. The lowest BCUT2D eigenvalue weighted by molar-refractivity contribution is 0.262. The van der Waals surface area contributed by atoms with Crippen LogP contribution in [0.1, 0.15) is 13.8 Å². The number of nitrogens with zero attached hydrogens (tertiary/aromatic N) is 3. The van der Waals surface area contributed by atoms with E-state index in [2.05, 4.69) is 34.5 Å². The molecule has 4 rings (SSSR count). The Balaban J connectivity index is 1.34. The van der Waals surface area contributed by atoms with E-state index in [0.717, 1.165) is 42.8 Å². The highest BCUT2D eigenvalue weighted by molar-refractivity contribution is 6.01. The van der Waals surface area contributed by atoms with Gasteiger partial charge in [0, 0.05) is 23.3 Å². The first-order chi connectivity index (χ1) is 16.1. The van der Waals surface area contributed by atoms with Crippen molar-refractivity contribution in [3.05, 3.63) is 79.0 Å². The summed E-state index contributed by atoms with van der Waals surface area (Å²) in [6.07, 6.45) is 1.84. The number of rotatable bonds is 9. The third kappa shape index (κ3) is 5.90. The number of carbonyl (C=O) groups is 1. The Hall–Kier alpha value is -3.84. The molecule has 0 aliphatic rings. The van der Waals surface area contributed by atoms with E-state index in [0.29, 0.717) is 17.1 Å². The molecule has 33 heavy (non-hydrogen) atoms. The van der Waals surface area contributed by atoms with Crippen molar-refractivity contribution in [2.75, 3.05) is 30.3 Å². The lowest BCUT2D eigenvalue weighted by atomic mass is 10.2. The topological polar surface area (TPSA) is 71.4 Å². The second-order valence-electron chi connectivity index (χ2n) is 7.69. The molecule has 4 aromatic rings. The van der Waals surface area contributed by atoms with Gasteiger partial charge in [-0.05, 0) is 67.7 Å². The van der Waals surface area contributed by atoms with Crippen LogP contribution in [-0.4, -0.2) is 40.3 Å². The van der Waals surface area contributed by atoms with E-state index in [1.807, 2.05) is 71.5 Å². The van der Waals surface area contributed by atoms with Gasteiger partial charge in [-0.1, -0.05) is 32.0 Å². The zero-order valence-corrected chi connectivity index (χ0v) is 19.0. The van der Waals surface area contributed by atoms with Gasteiger partial charge in [-0.3, -0.25) is 4.68 Å². The van der Waals surface area contributed by atoms with Crippen LogP contribution in [0.4, 0.5) is 16.2 Å². The van der Waals surface area contributed by atoms with Gasteiger partial charge in [-0.25, -0.2) is 4.79 Å². The van der Waals surface area contributed by atoms with E-state index in [4.69, 9.17) is 4.74 Å².